The van der Waals surface area contributed by atoms with Crippen LogP contribution in [0.15, 0.2) is 18.2 Å². The molecule has 0 unspecified atom stereocenters. The van der Waals surface area contributed by atoms with Gasteiger partial charge in [0.2, 0.25) is 0 Å². The second kappa shape index (κ2) is 7.01. The first-order chi connectivity index (χ1) is 10.6. The lowest BCUT2D eigenvalue weighted by Crippen LogP contribution is -2.49. The van der Waals surface area contributed by atoms with Crippen molar-refractivity contribution in [2.24, 2.45) is 0 Å². The fourth-order valence-electron chi connectivity index (χ4n) is 3.68. The molecule has 0 radical (unpaired) electrons. The first-order valence-electron chi connectivity index (χ1n) is 8.44. The zero-order chi connectivity index (χ0) is 15.5. The van der Waals surface area contributed by atoms with E-state index in [0.29, 0.717) is 16.6 Å². The number of nitrogens with zero attached hydrogens (tertiary/aromatic N) is 2. The molecule has 1 atom stereocenters. The van der Waals surface area contributed by atoms with Crippen LogP contribution < -0.4 is 0 Å². The summed E-state index contributed by atoms with van der Waals surface area (Å²) in [4.78, 5) is 17.6. The zero-order valence-corrected chi connectivity index (χ0v) is 14.1. The Hall–Kier alpha value is -1.06. The monoisotopic (exact) mass is 320 g/mol. The smallest absolute Gasteiger partial charge is 0.255 e. The van der Waals surface area contributed by atoms with Crippen LogP contribution in [0.4, 0.5) is 0 Å². The van der Waals surface area contributed by atoms with Crippen LogP contribution in [0.25, 0.3) is 0 Å². The number of likely N-dealkylation sites (tertiary alicyclic amines) is 2. The number of halogens is 1. The van der Waals surface area contributed by atoms with E-state index >= 15 is 0 Å². The van der Waals surface area contributed by atoms with Crippen LogP contribution in [0.1, 0.15) is 48.0 Å². The molecular formula is C18H25ClN2O. The summed E-state index contributed by atoms with van der Waals surface area (Å²) in [5.41, 5.74) is 1.75. The van der Waals surface area contributed by atoms with Gasteiger partial charge in [-0.1, -0.05) is 23.2 Å². The Kier molecular flexibility index (Phi) is 5.04. The van der Waals surface area contributed by atoms with Crippen molar-refractivity contribution in [1.29, 1.82) is 0 Å². The van der Waals surface area contributed by atoms with E-state index < -0.39 is 0 Å². The SMILES string of the molecule is Cc1ccc(Cl)c(C(=O)N2CCCC[C@@H]2CN2CCCC2)c1. The molecule has 1 aromatic rings. The van der Waals surface area contributed by atoms with Gasteiger partial charge < -0.3 is 9.80 Å². The van der Waals surface area contributed by atoms with Crippen LogP contribution in [0, 0.1) is 6.92 Å². The van der Waals surface area contributed by atoms with Gasteiger partial charge >= 0.3 is 0 Å². The molecule has 1 aromatic carbocycles. The number of benzene rings is 1. The minimum absolute atomic E-state index is 0.109. The number of amides is 1. The molecular weight excluding hydrogens is 296 g/mol. The van der Waals surface area contributed by atoms with Crippen molar-refractivity contribution in [2.75, 3.05) is 26.2 Å². The summed E-state index contributed by atoms with van der Waals surface area (Å²) in [5, 5.41) is 0.570. The number of piperidine rings is 1. The van der Waals surface area contributed by atoms with Crippen LogP contribution in [0.2, 0.25) is 5.02 Å². The highest BCUT2D eigenvalue weighted by molar-refractivity contribution is 6.33. The third kappa shape index (κ3) is 3.47. The summed E-state index contributed by atoms with van der Waals surface area (Å²) < 4.78 is 0. The van der Waals surface area contributed by atoms with Crippen LogP contribution in [-0.2, 0) is 0 Å². The van der Waals surface area contributed by atoms with E-state index in [1.807, 2.05) is 25.1 Å². The van der Waals surface area contributed by atoms with Gasteiger partial charge in [0.25, 0.3) is 5.91 Å². The largest absolute Gasteiger partial charge is 0.334 e. The van der Waals surface area contributed by atoms with E-state index in [4.69, 9.17) is 11.6 Å². The lowest BCUT2D eigenvalue weighted by Gasteiger charge is -2.38. The highest BCUT2D eigenvalue weighted by atomic mass is 35.5. The van der Waals surface area contributed by atoms with Crippen molar-refractivity contribution in [2.45, 2.75) is 45.1 Å². The van der Waals surface area contributed by atoms with Crippen LogP contribution >= 0.6 is 11.6 Å². The molecule has 2 saturated heterocycles. The maximum Gasteiger partial charge on any atom is 0.255 e. The van der Waals surface area contributed by atoms with Gasteiger partial charge in [-0.15, -0.1) is 0 Å². The van der Waals surface area contributed by atoms with Gasteiger partial charge in [0, 0.05) is 19.1 Å². The lowest BCUT2D eigenvalue weighted by molar-refractivity contribution is 0.0560. The van der Waals surface area contributed by atoms with E-state index in [1.165, 1.54) is 32.4 Å². The normalized spacial score (nSPS) is 23.0. The van der Waals surface area contributed by atoms with Gasteiger partial charge in [-0.3, -0.25) is 4.79 Å². The minimum Gasteiger partial charge on any atom is -0.334 e. The topological polar surface area (TPSA) is 23.6 Å². The first kappa shape index (κ1) is 15.8. The molecule has 0 spiro atoms. The van der Waals surface area contributed by atoms with Crippen LogP contribution in [0.5, 0.6) is 0 Å². The van der Waals surface area contributed by atoms with Crippen LogP contribution in [0.3, 0.4) is 0 Å². The van der Waals surface area contributed by atoms with Crippen molar-refractivity contribution in [3.8, 4) is 0 Å². The van der Waals surface area contributed by atoms with Gasteiger partial charge in [0.15, 0.2) is 0 Å². The summed E-state index contributed by atoms with van der Waals surface area (Å²) in [6, 6.07) is 6.06. The molecule has 2 aliphatic heterocycles. The summed E-state index contributed by atoms with van der Waals surface area (Å²) in [6.45, 7) is 6.26. The Balaban J connectivity index is 1.77. The van der Waals surface area contributed by atoms with Crippen LogP contribution in [-0.4, -0.2) is 47.9 Å². The molecule has 4 heteroatoms. The number of aryl methyl sites for hydroxylation is 1. The molecule has 2 fully saturated rings. The number of hydrogen-bond acceptors (Lipinski definition) is 2. The van der Waals surface area contributed by atoms with Gasteiger partial charge in [0.1, 0.15) is 0 Å². The van der Waals surface area contributed by atoms with E-state index in [0.717, 1.165) is 31.5 Å². The molecule has 0 N–H and O–H groups in total. The predicted molar refractivity (Wildman–Crippen MR) is 90.5 cm³/mol. The molecule has 1 amide bonds. The summed E-state index contributed by atoms with van der Waals surface area (Å²) in [7, 11) is 0. The molecule has 3 nitrogen and oxygen atoms in total. The average molecular weight is 321 g/mol. The Labute approximate surface area is 138 Å². The first-order valence-corrected chi connectivity index (χ1v) is 8.82. The maximum absolute atomic E-state index is 13.0. The number of rotatable bonds is 3. The minimum atomic E-state index is 0.109. The Bertz CT molecular complexity index is 540. The summed E-state index contributed by atoms with van der Waals surface area (Å²) >= 11 is 6.27. The highest BCUT2D eigenvalue weighted by Crippen LogP contribution is 2.25. The second-order valence-electron chi connectivity index (χ2n) is 6.64. The molecule has 0 saturated carbocycles. The van der Waals surface area contributed by atoms with Gasteiger partial charge in [-0.05, 0) is 64.3 Å². The quantitative estimate of drug-likeness (QED) is 0.847. The Morgan fingerprint density at radius 1 is 1.18 bits per heavy atom. The van der Waals surface area contributed by atoms with Crippen molar-refractivity contribution >= 4 is 17.5 Å². The number of carbonyl (C=O) groups is 1. The van der Waals surface area contributed by atoms with E-state index in [-0.39, 0.29) is 5.91 Å². The highest BCUT2D eigenvalue weighted by Gasteiger charge is 2.30. The Morgan fingerprint density at radius 2 is 1.91 bits per heavy atom. The Morgan fingerprint density at radius 3 is 2.68 bits per heavy atom. The van der Waals surface area contributed by atoms with Gasteiger partial charge in [0.05, 0.1) is 10.6 Å². The van der Waals surface area contributed by atoms with Crippen molar-refractivity contribution in [1.82, 2.24) is 9.80 Å². The van der Waals surface area contributed by atoms with Crippen molar-refractivity contribution < 1.29 is 4.79 Å². The van der Waals surface area contributed by atoms with E-state index in [2.05, 4.69) is 9.80 Å². The zero-order valence-electron chi connectivity index (χ0n) is 13.4. The summed E-state index contributed by atoms with van der Waals surface area (Å²) in [6.07, 6.45) is 6.04. The van der Waals surface area contributed by atoms with Crippen molar-refractivity contribution in [3.63, 3.8) is 0 Å². The van der Waals surface area contributed by atoms with Crippen molar-refractivity contribution in [3.05, 3.63) is 34.3 Å². The molecule has 2 heterocycles. The molecule has 0 aliphatic carbocycles. The predicted octanol–water partition coefficient (Wildman–Crippen LogP) is 3.74. The lowest BCUT2D eigenvalue weighted by atomic mass is 9.99. The number of carbonyl (C=O) groups excluding carboxylic acids is 1. The fraction of sp³-hybridized carbons (Fsp3) is 0.611. The fourth-order valence-corrected chi connectivity index (χ4v) is 3.88. The van der Waals surface area contributed by atoms with E-state index in [9.17, 15) is 4.79 Å². The third-order valence-electron chi connectivity index (χ3n) is 4.91. The van der Waals surface area contributed by atoms with Gasteiger partial charge in [-0.2, -0.15) is 0 Å². The molecule has 0 bridgehead atoms. The molecule has 3 rings (SSSR count). The average Bonchev–Trinajstić information content (AvgIpc) is 3.02. The standard InChI is InChI=1S/C18H25ClN2O/c1-14-7-8-17(19)16(12-14)18(22)21-11-3-2-6-15(21)13-20-9-4-5-10-20/h7-8,12,15H,2-6,9-11,13H2,1H3/t15-/m1/s1. The third-order valence-corrected chi connectivity index (χ3v) is 5.24. The number of hydrogen-bond donors (Lipinski definition) is 0. The van der Waals surface area contributed by atoms with E-state index in [1.54, 1.807) is 0 Å². The summed E-state index contributed by atoms with van der Waals surface area (Å²) in [5.74, 6) is 0.109. The van der Waals surface area contributed by atoms with Gasteiger partial charge in [-0.25, -0.2) is 0 Å². The molecule has 2 aliphatic rings. The maximum atomic E-state index is 13.0. The molecule has 0 aromatic heterocycles. The molecule has 22 heavy (non-hydrogen) atoms. The molecule has 120 valence electrons. The second-order valence-corrected chi connectivity index (χ2v) is 7.05.